The van der Waals surface area contributed by atoms with Crippen LogP contribution in [0.2, 0.25) is 0 Å². The lowest BCUT2D eigenvalue weighted by atomic mass is 9.73. The quantitative estimate of drug-likeness (QED) is 0.581. The first-order valence-electron chi connectivity index (χ1n) is 6.15. The molecule has 0 aliphatic carbocycles. The second-order valence-corrected chi connectivity index (χ2v) is 7.00. The van der Waals surface area contributed by atoms with Gasteiger partial charge < -0.3 is 0 Å². The van der Waals surface area contributed by atoms with Gasteiger partial charge in [-0.05, 0) is 41.4 Å². The van der Waals surface area contributed by atoms with E-state index in [9.17, 15) is 0 Å². The Balaban J connectivity index is 3.58. The van der Waals surface area contributed by atoms with Crippen molar-refractivity contribution in [1.29, 1.82) is 0 Å². The molecule has 1 aromatic rings. The predicted octanol–water partition coefficient (Wildman–Crippen LogP) is 4.90. The van der Waals surface area contributed by atoms with Gasteiger partial charge in [-0.2, -0.15) is 0 Å². The Morgan fingerprint density at radius 2 is 1.25 bits per heavy atom. The number of aryl methyl sites for hydroxylation is 2. The molecular formula is C16H26. The lowest BCUT2D eigenvalue weighted by Gasteiger charge is -2.32. The van der Waals surface area contributed by atoms with Gasteiger partial charge in [0.15, 0.2) is 0 Å². The molecule has 0 aromatic heterocycles. The molecule has 0 spiro atoms. The fourth-order valence-electron chi connectivity index (χ4n) is 2.55. The van der Waals surface area contributed by atoms with Gasteiger partial charge >= 0.3 is 0 Å². The highest BCUT2D eigenvalue weighted by Crippen LogP contribution is 2.36. The summed E-state index contributed by atoms with van der Waals surface area (Å²) in [5, 5.41) is 0. The molecule has 0 fully saturated rings. The van der Waals surface area contributed by atoms with E-state index in [1.54, 1.807) is 0 Å². The molecule has 0 heterocycles. The van der Waals surface area contributed by atoms with Crippen LogP contribution >= 0.6 is 0 Å². The van der Waals surface area contributed by atoms with Crippen molar-refractivity contribution in [1.82, 2.24) is 0 Å². The van der Waals surface area contributed by atoms with E-state index < -0.39 is 0 Å². The average Bonchev–Trinajstić information content (AvgIpc) is 1.97. The van der Waals surface area contributed by atoms with Crippen LogP contribution in [0.15, 0.2) is 12.1 Å². The minimum atomic E-state index is 0.222. The molecule has 1 aromatic carbocycles. The summed E-state index contributed by atoms with van der Waals surface area (Å²) in [4.78, 5) is 0. The van der Waals surface area contributed by atoms with E-state index in [0.29, 0.717) is 0 Å². The van der Waals surface area contributed by atoms with Crippen molar-refractivity contribution in [3.8, 4) is 0 Å². The van der Waals surface area contributed by atoms with Gasteiger partial charge in [-0.25, -0.2) is 0 Å². The van der Waals surface area contributed by atoms with E-state index in [1.165, 1.54) is 22.3 Å². The number of benzene rings is 1. The fraction of sp³-hybridized carbons (Fsp3) is 0.625. The molecule has 0 aliphatic heterocycles. The molecule has 0 unspecified atom stereocenters. The Hall–Kier alpha value is -0.780. The van der Waals surface area contributed by atoms with Crippen LogP contribution in [-0.2, 0) is 10.8 Å². The van der Waals surface area contributed by atoms with Gasteiger partial charge in [0, 0.05) is 0 Å². The van der Waals surface area contributed by atoms with Gasteiger partial charge in [-0.1, -0.05) is 59.2 Å². The van der Waals surface area contributed by atoms with Gasteiger partial charge in [0.1, 0.15) is 0 Å². The zero-order chi connectivity index (χ0) is 12.7. The first-order valence-corrected chi connectivity index (χ1v) is 6.15. The van der Waals surface area contributed by atoms with E-state index in [2.05, 4.69) is 67.5 Å². The Morgan fingerprint density at radius 3 is 1.62 bits per heavy atom. The zero-order valence-corrected chi connectivity index (χ0v) is 12.2. The maximum absolute atomic E-state index is 2.35. The summed E-state index contributed by atoms with van der Waals surface area (Å²) in [6.45, 7) is 18.3. The molecule has 0 nitrogen and oxygen atoms in total. The first kappa shape index (κ1) is 13.3. The molecule has 90 valence electrons. The Labute approximate surface area is 101 Å². The summed E-state index contributed by atoms with van der Waals surface area (Å²) >= 11 is 0. The maximum atomic E-state index is 2.35. The molecule has 0 heteroatoms. The zero-order valence-electron chi connectivity index (χ0n) is 12.2. The van der Waals surface area contributed by atoms with Crippen molar-refractivity contribution in [3.05, 3.63) is 34.4 Å². The number of rotatable bonds is 0. The summed E-state index contributed by atoms with van der Waals surface area (Å²) < 4.78 is 0. The largest absolute Gasteiger partial charge is 0.0561 e. The summed E-state index contributed by atoms with van der Waals surface area (Å²) in [7, 11) is 0. The van der Waals surface area contributed by atoms with Crippen molar-refractivity contribution in [2.75, 3.05) is 0 Å². The molecule has 1 rings (SSSR count). The predicted molar refractivity (Wildman–Crippen MR) is 73.3 cm³/mol. The number of hydrogen-bond donors (Lipinski definition) is 0. The molecule has 0 radical (unpaired) electrons. The Kier molecular flexibility index (Phi) is 3.24. The van der Waals surface area contributed by atoms with Gasteiger partial charge in [-0.3, -0.25) is 0 Å². The monoisotopic (exact) mass is 218 g/mol. The average molecular weight is 218 g/mol. The third kappa shape index (κ3) is 2.66. The third-order valence-corrected chi connectivity index (χ3v) is 3.04. The third-order valence-electron chi connectivity index (χ3n) is 3.04. The van der Waals surface area contributed by atoms with Crippen LogP contribution in [0.1, 0.15) is 63.8 Å². The molecule has 0 bridgehead atoms. The van der Waals surface area contributed by atoms with Gasteiger partial charge in [0.2, 0.25) is 0 Å². The molecule has 0 aliphatic rings. The van der Waals surface area contributed by atoms with Crippen molar-refractivity contribution < 1.29 is 0 Å². The Bertz CT molecular complexity index is 384. The van der Waals surface area contributed by atoms with Crippen molar-refractivity contribution >= 4 is 0 Å². The second-order valence-electron chi connectivity index (χ2n) is 7.00. The van der Waals surface area contributed by atoms with Gasteiger partial charge in [0.25, 0.3) is 0 Å². The van der Waals surface area contributed by atoms with Crippen molar-refractivity contribution in [2.24, 2.45) is 0 Å². The molecule has 0 amide bonds. The van der Waals surface area contributed by atoms with E-state index in [4.69, 9.17) is 0 Å². The van der Waals surface area contributed by atoms with Crippen LogP contribution in [0.3, 0.4) is 0 Å². The highest BCUT2D eigenvalue weighted by Gasteiger charge is 2.26. The molecule has 16 heavy (non-hydrogen) atoms. The van der Waals surface area contributed by atoms with Crippen LogP contribution in [0.5, 0.6) is 0 Å². The number of hydrogen-bond acceptors (Lipinski definition) is 0. The molecule has 0 saturated heterocycles. The summed E-state index contributed by atoms with van der Waals surface area (Å²) in [5.41, 5.74) is 6.26. The van der Waals surface area contributed by atoms with Crippen molar-refractivity contribution in [2.45, 2.75) is 66.2 Å². The Morgan fingerprint density at radius 1 is 0.750 bits per heavy atom. The first-order chi connectivity index (χ1) is 7.03. The van der Waals surface area contributed by atoms with E-state index in [1.807, 2.05) is 0 Å². The summed E-state index contributed by atoms with van der Waals surface area (Å²) in [5.74, 6) is 0. The molecular weight excluding hydrogens is 192 g/mol. The highest BCUT2D eigenvalue weighted by molar-refractivity contribution is 5.45. The lowest BCUT2D eigenvalue weighted by molar-refractivity contribution is 0.526. The van der Waals surface area contributed by atoms with Crippen LogP contribution in [0.4, 0.5) is 0 Å². The van der Waals surface area contributed by atoms with Crippen molar-refractivity contribution in [3.63, 3.8) is 0 Å². The van der Waals surface area contributed by atoms with E-state index >= 15 is 0 Å². The van der Waals surface area contributed by atoms with E-state index in [0.717, 1.165) is 0 Å². The lowest BCUT2D eigenvalue weighted by Crippen LogP contribution is -2.23. The van der Waals surface area contributed by atoms with Crippen LogP contribution in [-0.4, -0.2) is 0 Å². The normalized spacial score (nSPS) is 13.0. The summed E-state index contributed by atoms with van der Waals surface area (Å²) in [6.07, 6.45) is 0. The SMILES string of the molecule is Cc1cc(C)c(C(C)(C)C)c(C(C)(C)C)c1. The van der Waals surface area contributed by atoms with Gasteiger partial charge in [-0.15, -0.1) is 0 Å². The van der Waals surface area contributed by atoms with Gasteiger partial charge in [0.05, 0.1) is 0 Å². The molecule has 0 N–H and O–H groups in total. The minimum Gasteiger partial charge on any atom is -0.0561 e. The fourth-order valence-corrected chi connectivity index (χ4v) is 2.55. The van der Waals surface area contributed by atoms with Crippen LogP contribution in [0.25, 0.3) is 0 Å². The highest BCUT2D eigenvalue weighted by atomic mass is 14.3. The van der Waals surface area contributed by atoms with Crippen LogP contribution < -0.4 is 0 Å². The summed E-state index contributed by atoms with van der Waals surface area (Å²) in [6, 6.07) is 4.66. The molecule has 0 saturated carbocycles. The smallest absolute Gasteiger partial charge is 0.0126 e. The molecule has 0 atom stereocenters. The topological polar surface area (TPSA) is 0 Å². The maximum Gasteiger partial charge on any atom is -0.0126 e. The second kappa shape index (κ2) is 3.91. The standard InChI is InChI=1S/C16H26/c1-11-9-12(2)14(16(6,7)8)13(10-11)15(3,4)5/h9-10H,1-8H3. The van der Waals surface area contributed by atoms with Crippen LogP contribution in [0, 0.1) is 13.8 Å². The minimum absolute atomic E-state index is 0.222. The van der Waals surface area contributed by atoms with E-state index in [-0.39, 0.29) is 10.8 Å².